The van der Waals surface area contributed by atoms with Gasteiger partial charge in [-0.3, -0.25) is 14.5 Å². The molecule has 0 bridgehead atoms. The van der Waals surface area contributed by atoms with E-state index in [2.05, 4.69) is 74.0 Å². The summed E-state index contributed by atoms with van der Waals surface area (Å²) >= 11 is 3.51. The maximum absolute atomic E-state index is 13.5. The smallest absolute Gasteiger partial charge is 0.263 e. The minimum absolute atomic E-state index is 0.0504. The van der Waals surface area contributed by atoms with Gasteiger partial charge in [-0.1, -0.05) is 108 Å². The zero-order valence-electron chi connectivity index (χ0n) is 25.6. The fourth-order valence-electron chi connectivity index (χ4n) is 6.07. The van der Waals surface area contributed by atoms with Crippen molar-refractivity contribution in [2.24, 2.45) is 0 Å². The SMILES string of the molecule is CCCCN1C(=O)c2c(Br)cc3nn(-c4cc(C(C)(C)c5ccccc5)cc(C(C)(C)c5ccccc5)c4O)nc3c2C1=O. The number of aromatic nitrogens is 3. The Morgan fingerprint density at radius 1 is 0.773 bits per heavy atom. The third-order valence-electron chi connectivity index (χ3n) is 8.97. The number of nitrogens with zero attached hydrogens (tertiary/aromatic N) is 4. The summed E-state index contributed by atoms with van der Waals surface area (Å²) in [6.07, 6.45) is 1.58. The zero-order valence-corrected chi connectivity index (χ0v) is 27.1. The largest absolute Gasteiger partial charge is 0.505 e. The molecule has 0 fully saturated rings. The average molecular weight is 652 g/mol. The van der Waals surface area contributed by atoms with Crippen molar-refractivity contribution in [1.82, 2.24) is 19.9 Å². The van der Waals surface area contributed by atoms with Crippen LogP contribution in [0, 0.1) is 0 Å². The number of carbonyl (C=O) groups is 2. The highest BCUT2D eigenvalue weighted by atomic mass is 79.9. The van der Waals surface area contributed by atoms with Gasteiger partial charge in [0, 0.05) is 27.4 Å². The number of carbonyl (C=O) groups excluding carboxylic acids is 2. The summed E-state index contributed by atoms with van der Waals surface area (Å²) < 4.78 is 0.499. The first kappa shape index (κ1) is 29.8. The Bertz CT molecular complexity index is 1910. The highest BCUT2D eigenvalue weighted by molar-refractivity contribution is 9.10. The van der Waals surface area contributed by atoms with Crippen molar-refractivity contribution in [3.63, 3.8) is 0 Å². The molecule has 4 aromatic carbocycles. The second kappa shape index (κ2) is 11.0. The molecule has 5 aromatic rings. The van der Waals surface area contributed by atoms with E-state index in [0.717, 1.165) is 35.1 Å². The molecule has 224 valence electrons. The van der Waals surface area contributed by atoms with Gasteiger partial charge >= 0.3 is 0 Å². The van der Waals surface area contributed by atoms with Crippen molar-refractivity contribution in [2.75, 3.05) is 6.54 Å². The molecule has 1 N–H and O–H groups in total. The second-order valence-corrected chi connectivity index (χ2v) is 13.3. The van der Waals surface area contributed by atoms with Gasteiger partial charge in [0.1, 0.15) is 22.5 Å². The van der Waals surface area contributed by atoms with Crippen LogP contribution in [0.25, 0.3) is 16.7 Å². The number of benzene rings is 4. The second-order valence-electron chi connectivity index (χ2n) is 12.5. The zero-order chi connectivity index (χ0) is 31.4. The molecule has 0 saturated carbocycles. The molecule has 7 nitrogen and oxygen atoms in total. The average Bonchev–Trinajstić information content (AvgIpc) is 3.54. The molecule has 2 heterocycles. The Labute approximate surface area is 265 Å². The maximum atomic E-state index is 13.5. The first-order valence-corrected chi connectivity index (χ1v) is 15.7. The normalized spacial score (nSPS) is 13.6. The van der Waals surface area contributed by atoms with Gasteiger partial charge in [-0.25, -0.2) is 0 Å². The standard InChI is InChI=1S/C36H35BrN4O3/c1-6-7-18-40-33(43)29-26(37)21-27-31(30(29)34(40)44)39-41(38-27)28-20-24(35(2,3)22-14-10-8-11-15-22)19-25(32(28)42)36(4,5)23-16-12-9-13-17-23/h8-17,19-21,42H,6-7,18H2,1-5H3. The van der Waals surface area contributed by atoms with Gasteiger partial charge in [-0.15, -0.1) is 15.0 Å². The van der Waals surface area contributed by atoms with Crippen LogP contribution in [0.1, 0.15) is 90.4 Å². The highest BCUT2D eigenvalue weighted by Gasteiger charge is 2.40. The lowest BCUT2D eigenvalue weighted by Gasteiger charge is -2.32. The van der Waals surface area contributed by atoms with Crippen molar-refractivity contribution >= 4 is 38.8 Å². The summed E-state index contributed by atoms with van der Waals surface area (Å²) in [5, 5.41) is 21.5. The lowest BCUT2D eigenvalue weighted by atomic mass is 9.72. The summed E-state index contributed by atoms with van der Waals surface area (Å²) in [7, 11) is 0. The fraction of sp³-hybridized carbons (Fsp3) is 0.278. The van der Waals surface area contributed by atoms with E-state index in [0.29, 0.717) is 33.3 Å². The molecule has 0 aliphatic carbocycles. The van der Waals surface area contributed by atoms with E-state index in [4.69, 9.17) is 10.2 Å². The Morgan fingerprint density at radius 2 is 1.36 bits per heavy atom. The Hall–Kier alpha value is -4.30. The fourth-order valence-corrected chi connectivity index (χ4v) is 6.65. The molecule has 1 aliphatic heterocycles. The minimum atomic E-state index is -0.568. The number of fused-ring (bicyclic) bond motifs is 3. The summed E-state index contributed by atoms with van der Waals surface area (Å²) in [6, 6.07) is 26.0. The molecule has 0 radical (unpaired) electrons. The van der Waals surface area contributed by atoms with Gasteiger partial charge in [0.2, 0.25) is 0 Å². The molecule has 0 spiro atoms. The number of unbranched alkanes of at least 4 members (excludes halogenated alkanes) is 1. The van der Waals surface area contributed by atoms with E-state index >= 15 is 0 Å². The van der Waals surface area contributed by atoms with Crippen LogP contribution in [0.5, 0.6) is 5.75 Å². The number of rotatable bonds is 8. The Balaban J connectivity index is 1.58. The molecule has 1 aliphatic rings. The van der Waals surface area contributed by atoms with Gasteiger partial charge in [0.05, 0.1) is 11.1 Å². The van der Waals surface area contributed by atoms with E-state index in [1.807, 2.05) is 49.4 Å². The van der Waals surface area contributed by atoms with Crippen molar-refractivity contribution in [1.29, 1.82) is 0 Å². The van der Waals surface area contributed by atoms with E-state index < -0.39 is 10.8 Å². The number of hydrogen-bond acceptors (Lipinski definition) is 5. The van der Waals surface area contributed by atoms with E-state index in [9.17, 15) is 14.7 Å². The first-order valence-electron chi connectivity index (χ1n) is 14.9. The molecule has 44 heavy (non-hydrogen) atoms. The first-order chi connectivity index (χ1) is 21.0. The molecular formula is C36H35BrN4O3. The minimum Gasteiger partial charge on any atom is -0.505 e. The topological polar surface area (TPSA) is 88.3 Å². The monoisotopic (exact) mass is 650 g/mol. The third-order valence-corrected chi connectivity index (χ3v) is 9.60. The number of phenolic OH excluding ortho intramolecular Hbond substituents is 1. The Kier molecular flexibility index (Phi) is 7.44. The molecule has 1 aromatic heterocycles. The highest BCUT2D eigenvalue weighted by Crippen LogP contribution is 2.44. The number of imide groups is 1. The van der Waals surface area contributed by atoms with Crippen LogP contribution in [0.4, 0.5) is 0 Å². The number of aromatic hydroxyl groups is 1. The number of phenols is 1. The van der Waals surface area contributed by atoms with Crippen LogP contribution in [-0.2, 0) is 10.8 Å². The summed E-state index contributed by atoms with van der Waals surface area (Å²) in [6.45, 7) is 10.9. The predicted molar refractivity (Wildman–Crippen MR) is 176 cm³/mol. The van der Waals surface area contributed by atoms with Gasteiger partial charge in [0.25, 0.3) is 11.8 Å². The molecule has 8 heteroatoms. The lowest BCUT2D eigenvalue weighted by molar-refractivity contribution is 0.0652. The van der Waals surface area contributed by atoms with Crippen LogP contribution in [0.15, 0.2) is 83.3 Å². The summed E-state index contributed by atoms with van der Waals surface area (Å²) in [5.74, 6) is -0.650. The van der Waals surface area contributed by atoms with Crippen molar-refractivity contribution < 1.29 is 14.7 Å². The molecular weight excluding hydrogens is 616 g/mol. The number of halogens is 1. The van der Waals surface area contributed by atoms with Crippen molar-refractivity contribution in [2.45, 2.75) is 58.3 Å². The van der Waals surface area contributed by atoms with Crippen LogP contribution >= 0.6 is 15.9 Å². The molecule has 0 unspecified atom stereocenters. The van der Waals surface area contributed by atoms with Crippen LogP contribution in [0.3, 0.4) is 0 Å². The van der Waals surface area contributed by atoms with Gasteiger partial charge in [-0.2, -0.15) is 0 Å². The molecule has 0 saturated heterocycles. The predicted octanol–water partition coefficient (Wildman–Crippen LogP) is 7.94. The lowest BCUT2D eigenvalue weighted by Crippen LogP contribution is -2.30. The van der Waals surface area contributed by atoms with Crippen molar-refractivity contribution in [3.05, 3.63) is 117 Å². The van der Waals surface area contributed by atoms with Gasteiger partial charge in [-0.05, 0) is 51.2 Å². The van der Waals surface area contributed by atoms with Gasteiger partial charge < -0.3 is 5.11 Å². The summed E-state index contributed by atoms with van der Waals surface area (Å²) in [4.78, 5) is 29.5. The number of amides is 2. The van der Waals surface area contributed by atoms with Crippen molar-refractivity contribution in [3.8, 4) is 11.4 Å². The van der Waals surface area contributed by atoms with Crippen LogP contribution < -0.4 is 0 Å². The molecule has 2 amide bonds. The quantitative estimate of drug-likeness (QED) is 0.172. The third kappa shape index (κ3) is 4.72. The molecule has 0 atom stereocenters. The van der Waals surface area contributed by atoms with E-state index in [1.165, 1.54) is 9.70 Å². The molecule has 6 rings (SSSR count). The number of hydrogen-bond donors (Lipinski definition) is 1. The maximum Gasteiger partial charge on any atom is 0.263 e. The van der Waals surface area contributed by atoms with E-state index in [1.54, 1.807) is 6.07 Å². The van der Waals surface area contributed by atoms with Crippen LogP contribution in [-0.4, -0.2) is 43.4 Å². The van der Waals surface area contributed by atoms with E-state index in [-0.39, 0.29) is 23.1 Å². The van der Waals surface area contributed by atoms with Gasteiger partial charge in [0.15, 0.2) is 0 Å². The summed E-state index contributed by atoms with van der Waals surface area (Å²) in [5.41, 5.74) is 4.60. The van der Waals surface area contributed by atoms with Crippen LogP contribution in [0.2, 0.25) is 0 Å². The Morgan fingerprint density at radius 3 is 1.98 bits per heavy atom.